The van der Waals surface area contributed by atoms with Gasteiger partial charge in [0.2, 0.25) is 5.75 Å². The predicted octanol–water partition coefficient (Wildman–Crippen LogP) is 3.88. The van der Waals surface area contributed by atoms with E-state index in [1.807, 2.05) is 0 Å². The van der Waals surface area contributed by atoms with Crippen LogP contribution >= 0.6 is 0 Å². The van der Waals surface area contributed by atoms with Crippen molar-refractivity contribution in [2.75, 3.05) is 34.4 Å². The molecule has 0 spiro atoms. The number of carbonyl (C=O) groups is 1. The molecular formula is C24H28F3NO7S. The molecule has 0 saturated carbocycles. The van der Waals surface area contributed by atoms with Crippen LogP contribution in [0, 0.1) is 0 Å². The molecule has 0 bridgehead atoms. The quantitative estimate of drug-likeness (QED) is 0.371. The van der Waals surface area contributed by atoms with Gasteiger partial charge in [0.25, 0.3) is 10.1 Å². The zero-order valence-corrected chi connectivity index (χ0v) is 21.0. The van der Waals surface area contributed by atoms with E-state index in [1.165, 1.54) is 46.5 Å². The lowest BCUT2D eigenvalue weighted by Gasteiger charge is -2.45. The fourth-order valence-electron chi connectivity index (χ4n) is 5.22. The molecular weight excluding hydrogens is 503 g/mol. The van der Waals surface area contributed by atoms with Crippen LogP contribution in [0.4, 0.5) is 13.2 Å². The second-order valence-corrected chi connectivity index (χ2v) is 10.1. The maximum absolute atomic E-state index is 14.2. The Hall–Kier alpha value is -2.83. The van der Waals surface area contributed by atoms with E-state index in [1.54, 1.807) is 0 Å². The molecule has 198 valence electrons. The molecule has 1 fully saturated rings. The molecule has 0 amide bonds. The van der Waals surface area contributed by atoms with E-state index in [9.17, 15) is 30.9 Å². The highest BCUT2D eigenvalue weighted by Gasteiger charge is 2.65. The molecule has 12 heteroatoms. The largest absolute Gasteiger partial charge is 0.493 e. The minimum Gasteiger partial charge on any atom is -0.493 e. The zero-order valence-electron chi connectivity index (χ0n) is 20.2. The van der Waals surface area contributed by atoms with Crippen LogP contribution in [0.1, 0.15) is 41.3 Å². The van der Waals surface area contributed by atoms with E-state index in [-0.39, 0.29) is 47.9 Å². The lowest BCUT2D eigenvalue weighted by Crippen LogP contribution is -2.62. The molecule has 1 saturated heterocycles. The summed E-state index contributed by atoms with van der Waals surface area (Å²) in [4.78, 5) is 14.2. The van der Waals surface area contributed by atoms with E-state index in [4.69, 9.17) is 14.2 Å². The van der Waals surface area contributed by atoms with Crippen molar-refractivity contribution in [3.8, 4) is 17.2 Å². The first-order chi connectivity index (χ1) is 16.8. The Labute approximate surface area is 207 Å². The van der Waals surface area contributed by atoms with E-state index in [2.05, 4.69) is 5.32 Å². The molecule has 0 radical (unpaired) electrons. The van der Waals surface area contributed by atoms with Crippen LogP contribution in [-0.2, 0) is 21.7 Å². The maximum atomic E-state index is 14.2. The topological polar surface area (TPSA) is 111 Å². The maximum Gasteiger partial charge on any atom is 0.416 e. The van der Waals surface area contributed by atoms with Gasteiger partial charge in [-0.25, -0.2) is 0 Å². The highest BCUT2D eigenvalue weighted by atomic mass is 32.2. The van der Waals surface area contributed by atoms with Gasteiger partial charge < -0.3 is 19.5 Å². The van der Waals surface area contributed by atoms with Gasteiger partial charge in [-0.2, -0.15) is 21.6 Å². The SMILES string of the molecule is CCC(C(=O)c1cc(OC)c(OC)c(OC)c1)(C1(c2cccc(C(F)(F)F)c2)CCNC1)S(=O)(=O)O. The van der Waals surface area contributed by atoms with Gasteiger partial charge >= 0.3 is 6.18 Å². The predicted molar refractivity (Wildman–Crippen MR) is 126 cm³/mol. The number of ether oxygens (including phenoxy) is 3. The number of nitrogens with one attached hydrogen (secondary N) is 1. The van der Waals surface area contributed by atoms with Crippen molar-refractivity contribution in [2.45, 2.75) is 36.1 Å². The van der Waals surface area contributed by atoms with Crippen molar-refractivity contribution in [3.63, 3.8) is 0 Å². The van der Waals surface area contributed by atoms with Crippen LogP contribution < -0.4 is 19.5 Å². The third kappa shape index (κ3) is 4.31. The Morgan fingerprint density at radius 3 is 2.11 bits per heavy atom. The molecule has 2 atom stereocenters. The van der Waals surface area contributed by atoms with E-state index < -0.39 is 44.2 Å². The standard InChI is InChI=1S/C24H28F3NO7S/c1-5-23(36(30,31)32,21(29)15-11-18(33-2)20(35-4)19(12-15)34-3)22(9-10-28-14-22)16-7-6-8-17(13-16)24(25,26)27/h6-8,11-13,28H,5,9-10,14H2,1-4H3,(H,30,31,32). The average molecular weight is 532 g/mol. The Morgan fingerprint density at radius 1 is 1.08 bits per heavy atom. The normalized spacial score (nSPS) is 20.0. The van der Waals surface area contributed by atoms with Crippen molar-refractivity contribution in [3.05, 3.63) is 53.1 Å². The molecule has 0 aliphatic carbocycles. The second-order valence-electron chi connectivity index (χ2n) is 8.49. The van der Waals surface area contributed by atoms with Crippen LogP contribution in [0.15, 0.2) is 36.4 Å². The molecule has 2 aromatic carbocycles. The van der Waals surface area contributed by atoms with Crippen LogP contribution in [0.2, 0.25) is 0 Å². The molecule has 1 aliphatic rings. The number of alkyl halides is 3. The Morgan fingerprint density at radius 2 is 1.69 bits per heavy atom. The van der Waals surface area contributed by atoms with Crippen LogP contribution in [0.25, 0.3) is 0 Å². The van der Waals surface area contributed by atoms with Gasteiger partial charge in [0.15, 0.2) is 22.0 Å². The smallest absolute Gasteiger partial charge is 0.416 e. The molecule has 2 aromatic rings. The van der Waals surface area contributed by atoms with Gasteiger partial charge in [0.1, 0.15) is 0 Å². The van der Waals surface area contributed by atoms with Crippen molar-refractivity contribution >= 4 is 15.9 Å². The summed E-state index contributed by atoms with van der Waals surface area (Å²) in [5.41, 5.74) is -2.91. The summed E-state index contributed by atoms with van der Waals surface area (Å²) in [6.45, 7) is 1.46. The summed E-state index contributed by atoms with van der Waals surface area (Å²) in [5, 5.41) is 2.97. The number of halogens is 3. The molecule has 0 aromatic heterocycles. The first-order valence-corrected chi connectivity index (χ1v) is 12.5. The molecule has 2 unspecified atom stereocenters. The van der Waals surface area contributed by atoms with E-state index in [0.717, 1.165) is 18.2 Å². The van der Waals surface area contributed by atoms with Crippen molar-refractivity contribution in [2.24, 2.45) is 0 Å². The fraction of sp³-hybridized carbons (Fsp3) is 0.458. The minimum atomic E-state index is -5.20. The minimum absolute atomic E-state index is 0.0158. The van der Waals surface area contributed by atoms with Gasteiger partial charge in [0, 0.05) is 17.5 Å². The lowest BCUT2D eigenvalue weighted by molar-refractivity contribution is -0.137. The van der Waals surface area contributed by atoms with Crippen LogP contribution in [0.5, 0.6) is 17.2 Å². The van der Waals surface area contributed by atoms with E-state index in [0.29, 0.717) is 0 Å². The number of benzene rings is 2. The summed E-state index contributed by atoms with van der Waals surface area (Å²) in [7, 11) is -1.23. The molecule has 3 rings (SSSR count). The Bertz CT molecular complexity index is 1220. The number of methoxy groups -OCH3 is 3. The number of ketones is 1. The zero-order chi connectivity index (χ0) is 26.9. The molecule has 36 heavy (non-hydrogen) atoms. The van der Waals surface area contributed by atoms with Crippen molar-refractivity contribution in [1.29, 1.82) is 0 Å². The number of carbonyl (C=O) groups excluding carboxylic acids is 1. The Kier molecular flexibility index (Phi) is 7.64. The summed E-state index contributed by atoms with van der Waals surface area (Å²) in [6.07, 6.45) is -5.13. The summed E-state index contributed by atoms with van der Waals surface area (Å²) < 4.78 is 91.0. The Balaban J connectivity index is 2.37. The van der Waals surface area contributed by atoms with Gasteiger partial charge in [-0.15, -0.1) is 0 Å². The molecule has 1 aliphatic heterocycles. The first-order valence-electron chi connectivity index (χ1n) is 11.0. The van der Waals surface area contributed by atoms with Gasteiger partial charge in [-0.3, -0.25) is 9.35 Å². The van der Waals surface area contributed by atoms with Crippen LogP contribution in [-0.4, -0.2) is 57.9 Å². The van der Waals surface area contributed by atoms with Crippen molar-refractivity contribution < 1.29 is 45.1 Å². The lowest BCUT2D eigenvalue weighted by atomic mass is 9.65. The summed E-state index contributed by atoms with van der Waals surface area (Å²) >= 11 is 0. The third-order valence-corrected chi connectivity index (χ3v) is 8.65. The molecule has 1 heterocycles. The van der Waals surface area contributed by atoms with Crippen LogP contribution in [0.3, 0.4) is 0 Å². The second kappa shape index (κ2) is 9.91. The van der Waals surface area contributed by atoms with Gasteiger partial charge in [0.05, 0.1) is 26.9 Å². The summed E-state index contributed by atoms with van der Waals surface area (Å²) in [5.74, 6) is -0.718. The molecule has 2 N–H and O–H groups in total. The highest BCUT2D eigenvalue weighted by molar-refractivity contribution is 7.88. The third-order valence-electron chi connectivity index (χ3n) is 6.90. The van der Waals surface area contributed by atoms with Gasteiger partial charge in [-0.05, 0) is 43.1 Å². The number of hydrogen-bond donors (Lipinski definition) is 2. The fourth-order valence-corrected chi connectivity index (χ4v) is 6.72. The monoisotopic (exact) mass is 531 g/mol. The average Bonchev–Trinajstić information content (AvgIpc) is 3.33. The number of hydrogen-bond acceptors (Lipinski definition) is 7. The van der Waals surface area contributed by atoms with Gasteiger partial charge in [-0.1, -0.05) is 25.1 Å². The van der Waals surface area contributed by atoms with Crippen molar-refractivity contribution in [1.82, 2.24) is 5.32 Å². The molecule has 8 nitrogen and oxygen atoms in total. The van der Waals surface area contributed by atoms with E-state index >= 15 is 0 Å². The first kappa shape index (κ1) is 27.8. The number of Topliss-reactive ketones (excluding diaryl/α,β-unsaturated/α-hetero) is 1. The number of rotatable bonds is 9. The highest BCUT2D eigenvalue weighted by Crippen LogP contribution is 2.51. The summed E-state index contributed by atoms with van der Waals surface area (Å²) in [6, 6.07) is 6.71.